The number of rotatable bonds is 14. The standard InChI is InChI=1S/C15H28N6O6/c16-6-2-1-3-9(17)14(26)19-7-12(23)21-10(4-5-11(18)22)15(27)20-8-13(24)25/h9-10H,1-8,16-17H2,(H2,18,22)(H,19,26)(H,20,27)(H,21,23)(H,24,25)/t9-,10-/m0/s1. The minimum atomic E-state index is -1.26. The normalized spacial score (nSPS) is 12.5. The Morgan fingerprint density at radius 3 is 2.11 bits per heavy atom. The Morgan fingerprint density at radius 1 is 0.926 bits per heavy atom. The molecule has 154 valence electrons. The molecule has 0 aliphatic carbocycles. The van der Waals surface area contributed by atoms with Crippen LogP contribution in [0.3, 0.4) is 0 Å². The fourth-order valence-corrected chi connectivity index (χ4v) is 2.02. The van der Waals surface area contributed by atoms with Crippen molar-refractivity contribution in [3.8, 4) is 0 Å². The van der Waals surface area contributed by atoms with Crippen molar-refractivity contribution in [2.24, 2.45) is 17.2 Å². The van der Waals surface area contributed by atoms with Gasteiger partial charge in [0.2, 0.25) is 23.6 Å². The zero-order chi connectivity index (χ0) is 20.8. The van der Waals surface area contributed by atoms with E-state index in [1.165, 1.54) is 0 Å². The average molecular weight is 388 g/mol. The van der Waals surface area contributed by atoms with E-state index in [-0.39, 0.29) is 12.8 Å². The molecule has 0 aliphatic rings. The predicted octanol–water partition coefficient (Wildman–Crippen LogP) is -3.49. The molecule has 0 fully saturated rings. The van der Waals surface area contributed by atoms with Gasteiger partial charge in [0.05, 0.1) is 12.6 Å². The maximum absolute atomic E-state index is 11.9. The van der Waals surface area contributed by atoms with E-state index < -0.39 is 54.8 Å². The van der Waals surface area contributed by atoms with E-state index >= 15 is 0 Å². The van der Waals surface area contributed by atoms with E-state index in [4.69, 9.17) is 22.3 Å². The first-order valence-corrected chi connectivity index (χ1v) is 8.47. The number of primary amides is 1. The van der Waals surface area contributed by atoms with Gasteiger partial charge < -0.3 is 38.3 Å². The highest BCUT2D eigenvalue weighted by Gasteiger charge is 2.22. The third-order valence-electron chi connectivity index (χ3n) is 3.47. The summed E-state index contributed by atoms with van der Waals surface area (Å²) >= 11 is 0. The molecule has 12 nitrogen and oxygen atoms in total. The summed E-state index contributed by atoms with van der Waals surface area (Å²) in [6.45, 7) is -0.577. The van der Waals surface area contributed by atoms with Crippen LogP contribution in [0, 0.1) is 0 Å². The molecule has 0 saturated carbocycles. The van der Waals surface area contributed by atoms with Crippen LogP contribution >= 0.6 is 0 Å². The van der Waals surface area contributed by atoms with Crippen LogP contribution in [0.4, 0.5) is 0 Å². The van der Waals surface area contributed by atoms with Crippen LogP contribution in [0.2, 0.25) is 0 Å². The molecule has 4 amide bonds. The highest BCUT2D eigenvalue weighted by atomic mass is 16.4. The molecular formula is C15H28N6O6. The molecule has 0 heterocycles. The quantitative estimate of drug-likeness (QED) is 0.148. The van der Waals surface area contributed by atoms with Crippen molar-refractivity contribution < 1.29 is 29.1 Å². The van der Waals surface area contributed by atoms with Gasteiger partial charge in [0.25, 0.3) is 0 Å². The molecule has 27 heavy (non-hydrogen) atoms. The zero-order valence-corrected chi connectivity index (χ0v) is 15.0. The minimum absolute atomic E-state index is 0.112. The van der Waals surface area contributed by atoms with Crippen molar-refractivity contribution in [1.82, 2.24) is 16.0 Å². The van der Waals surface area contributed by atoms with E-state index in [9.17, 15) is 24.0 Å². The average Bonchev–Trinajstić information content (AvgIpc) is 2.60. The van der Waals surface area contributed by atoms with Gasteiger partial charge >= 0.3 is 5.97 Å². The number of hydrogen-bond acceptors (Lipinski definition) is 7. The van der Waals surface area contributed by atoms with Gasteiger partial charge in [-0.05, 0) is 25.8 Å². The molecule has 0 saturated heterocycles. The van der Waals surface area contributed by atoms with Crippen molar-refractivity contribution >= 4 is 29.6 Å². The first-order valence-electron chi connectivity index (χ1n) is 8.47. The van der Waals surface area contributed by atoms with Gasteiger partial charge in [-0.1, -0.05) is 6.42 Å². The maximum atomic E-state index is 11.9. The second-order valence-corrected chi connectivity index (χ2v) is 5.85. The molecule has 0 rings (SSSR count). The van der Waals surface area contributed by atoms with Gasteiger partial charge in [-0.15, -0.1) is 0 Å². The van der Waals surface area contributed by atoms with E-state index in [1.54, 1.807) is 0 Å². The molecule has 0 unspecified atom stereocenters. The number of carbonyl (C=O) groups excluding carboxylic acids is 4. The molecule has 0 radical (unpaired) electrons. The Kier molecular flexibility index (Phi) is 12.1. The van der Waals surface area contributed by atoms with Gasteiger partial charge in [-0.3, -0.25) is 24.0 Å². The van der Waals surface area contributed by atoms with Gasteiger partial charge in [0, 0.05) is 6.42 Å². The van der Waals surface area contributed by atoms with Crippen LogP contribution in [0.1, 0.15) is 32.1 Å². The summed E-state index contributed by atoms with van der Waals surface area (Å²) < 4.78 is 0. The lowest BCUT2D eigenvalue weighted by Gasteiger charge is -2.18. The van der Waals surface area contributed by atoms with Crippen molar-refractivity contribution in [3.63, 3.8) is 0 Å². The molecule has 2 atom stereocenters. The second kappa shape index (κ2) is 13.5. The Balaban J connectivity index is 4.51. The number of nitrogens with one attached hydrogen (secondary N) is 3. The zero-order valence-electron chi connectivity index (χ0n) is 15.0. The first-order chi connectivity index (χ1) is 12.7. The number of amides is 4. The third-order valence-corrected chi connectivity index (χ3v) is 3.47. The first kappa shape index (κ1) is 24.3. The number of carboxylic acid groups (broad SMARTS) is 1. The van der Waals surface area contributed by atoms with Gasteiger partial charge in [-0.25, -0.2) is 0 Å². The lowest BCUT2D eigenvalue weighted by molar-refractivity contribution is -0.138. The summed E-state index contributed by atoms with van der Waals surface area (Å²) in [5, 5.41) is 15.3. The number of aliphatic carboxylic acids is 1. The molecular weight excluding hydrogens is 360 g/mol. The van der Waals surface area contributed by atoms with Gasteiger partial charge in [-0.2, -0.15) is 0 Å². The van der Waals surface area contributed by atoms with E-state index in [0.717, 1.165) is 6.42 Å². The largest absolute Gasteiger partial charge is 0.480 e. The lowest BCUT2D eigenvalue weighted by Crippen LogP contribution is -2.51. The second-order valence-electron chi connectivity index (χ2n) is 5.85. The summed E-state index contributed by atoms with van der Waals surface area (Å²) in [7, 11) is 0. The monoisotopic (exact) mass is 388 g/mol. The fourth-order valence-electron chi connectivity index (χ4n) is 2.02. The van der Waals surface area contributed by atoms with E-state index in [2.05, 4.69) is 16.0 Å². The number of hydrogen-bond donors (Lipinski definition) is 7. The van der Waals surface area contributed by atoms with Gasteiger partial charge in [0.15, 0.2) is 0 Å². The van der Waals surface area contributed by atoms with E-state index in [1.807, 2.05) is 0 Å². The minimum Gasteiger partial charge on any atom is -0.480 e. The summed E-state index contributed by atoms with van der Waals surface area (Å²) in [6, 6.07) is -1.95. The molecule has 10 N–H and O–H groups in total. The number of nitrogens with two attached hydrogens (primary N) is 3. The van der Waals surface area contributed by atoms with Crippen LogP contribution in [-0.2, 0) is 24.0 Å². The van der Waals surface area contributed by atoms with Crippen molar-refractivity contribution in [2.75, 3.05) is 19.6 Å². The number of carbonyl (C=O) groups is 5. The van der Waals surface area contributed by atoms with Crippen LogP contribution in [0.25, 0.3) is 0 Å². The highest BCUT2D eigenvalue weighted by Crippen LogP contribution is 1.99. The van der Waals surface area contributed by atoms with Crippen molar-refractivity contribution in [2.45, 2.75) is 44.2 Å². The predicted molar refractivity (Wildman–Crippen MR) is 94.9 cm³/mol. The maximum Gasteiger partial charge on any atom is 0.322 e. The van der Waals surface area contributed by atoms with Crippen LogP contribution in [0.5, 0.6) is 0 Å². The van der Waals surface area contributed by atoms with E-state index in [0.29, 0.717) is 19.4 Å². The molecule has 0 aliphatic heterocycles. The molecule has 12 heteroatoms. The third kappa shape index (κ3) is 12.3. The van der Waals surface area contributed by atoms with Crippen molar-refractivity contribution in [3.05, 3.63) is 0 Å². The Hall–Kier alpha value is -2.73. The van der Waals surface area contributed by atoms with Gasteiger partial charge in [0.1, 0.15) is 12.6 Å². The van der Waals surface area contributed by atoms with Crippen molar-refractivity contribution in [1.29, 1.82) is 0 Å². The molecule has 0 spiro atoms. The lowest BCUT2D eigenvalue weighted by atomic mass is 10.1. The molecule has 0 bridgehead atoms. The molecule has 0 aromatic carbocycles. The Labute approximate surface area is 156 Å². The summed E-state index contributed by atoms with van der Waals surface area (Å²) in [5.74, 6) is -3.95. The van der Waals surface area contributed by atoms with Crippen LogP contribution in [0.15, 0.2) is 0 Å². The fraction of sp³-hybridized carbons (Fsp3) is 0.667. The number of carboxylic acids is 1. The Bertz CT molecular complexity index is 541. The SMILES string of the molecule is NCCCC[C@H](N)C(=O)NCC(=O)N[C@@H](CCC(N)=O)C(=O)NCC(=O)O. The topological polar surface area (TPSA) is 220 Å². The highest BCUT2D eigenvalue weighted by molar-refractivity contribution is 5.92. The van der Waals surface area contributed by atoms with Crippen LogP contribution in [-0.4, -0.2) is 66.4 Å². The summed E-state index contributed by atoms with van der Waals surface area (Å²) in [6.07, 6.45) is 1.52. The smallest absolute Gasteiger partial charge is 0.322 e. The summed E-state index contributed by atoms with van der Waals surface area (Å²) in [4.78, 5) is 57.1. The van der Waals surface area contributed by atoms with Crippen LogP contribution < -0.4 is 33.2 Å². The molecule has 0 aromatic heterocycles. The Morgan fingerprint density at radius 2 is 1.56 bits per heavy atom. The molecule has 0 aromatic rings. The summed E-state index contributed by atoms with van der Waals surface area (Å²) in [5.41, 5.74) is 16.1. The number of unbranched alkanes of at least 4 members (excludes halogenated alkanes) is 1.